The van der Waals surface area contributed by atoms with Gasteiger partial charge >= 0.3 is 0 Å². The van der Waals surface area contributed by atoms with Gasteiger partial charge in [0.2, 0.25) is 0 Å². The van der Waals surface area contributed by atoms with Crippen molar-refractivity contribution >= 4 is 10.8 Å². The highest BCUT2D eigenvalue weighted by Crippen LogP contribution is 2.14. The zero-order valence-electron chi connectivity index (χ0n) is 8.26. The number of H-pyrrole nitrogens is 1. The highest BCUT2D eigenvalue weighted by Gasteiger charge is 2.04. The van der Waals surface area contributed by atoms with Gasteiger partial charge in [-0.2, -0.15) is 0 Å². The van der Waals surface area contributed by atoms with E-state index < -0.39 is 0 Å². The molecular formula is C12H14BrN. The van der Waals surface area contributed by atoms with Crippen molar-refractivity contribution in [1.29, 1.82) is 0 Å². The molecule has 0 aliphatic carbocycles. The van der Waals surface area contributed by atoms with E-state index >= 15 is 0 Å². The number of aryl methyl sites for hydroxylation is 1. The maximum atomic E-state index is 3.31. The van der Waals surface area contributed by atoms with Gasteiger partial charge in [-0.05, 0) is 17.9 Å². The SMILES string of the molecule is CCCc1[nH+]ccc2ccccc12.[Br-]. The van der Waals surface area contributed by atoms with E-state index in [2.05, 4.69) is 42.2 Å². The van der Waals surface area contributed by atoms with Crippen LogP contribution in [0.25, 0.3) is 10.8 Å². The van der Waals surface area contributed by atoms with Crippen LogP contribution in [0.5, 0.6) is 0 Å². The molecule has 0 radical (unpaired) electrons. The van der Waals surface area contributed by atoms with E-state index in [-0.39, 0.29) is 17.0 Å². The Bertz CT molecular complexity index is 406. The summed E-state index contributed by atoms with van der Waals surface area (Å²) < 4.78 is 0. The van der Waals surface area contributed by atoms with E-state index in [0.717, 1.165) is 6.42 Å². The van der Waals surface area contributed by atoms with Crippen LogP contribution in [0.1, 0.15) is 19.0 Å². The van der Waals surface area contributed by atoms with Gasteiger partial charge in [-0.25, -0.2) is 4.98 Å². The molecule has 2 heteroatoms. The zero-order valence-corrected chi connectivity index (χ0v) is 9.84. The molecule has 1 N–H and O–H groups in total. The predicted molar refractivity (Wildman–Crippen MR) is 54.5 cm³/mol. The van der Waals surface area contributed by atoms with Gasteiger partial charge in [0, 0.05) is 17.9 Å². The van der Waals surface area contributed by atoms with Crippen molar-refractivity contribution in [1.82, 2.24) is 0 Å². The number of rotatable bonds is 2. The van der Waals surface area contributed by atoms with E-state index in [1.54, 1.807) is 0 Å². The highest BCUT2D eigenvalue weighted by molar-refractivity contribution is 5.83. The molecule has 1 aromatic heterocycles. The molecular weight excluding hydrogens is 238 g/mol. The normalized spacial score (nSPS) is 9.79. The molecule has 0 aliphatic rings. The fourth-order valence-corrected chi connectivity index (χ4v) is 1.68. The number of aromatic nitrogens is 1. The molecule has 0 atom stereocenters. The van der Waals surface area contributed by atoms with Crippen molar-refractivity contribution in [2.24, 2.45) is 0 Å². The second kappa shape index (κ2) is 5.11. The van der Waals surface area contributed by atoms with Crippen molar-refractivity contribution in [2.45, 2.75) is 19.8 Å². The van der Waals surface area contributed by atoms with E-state index in [1.807, 2.05) is 6.20 Å². The molecule has 0 amide bonds. The number of hydrogen-bond acceptors (Lipinski definition) is 0. The van der Waals surface area contributed by atoms with E-state index in [1.165, 1.54) is 22.9 Å². The Hall–Kier alpha value is -0.890. The van der Waals surface area contributed by atoms with Gasteiger partial charge in [-0.15, -0.1) is 0 Å². The standard InChI is InChI=1S/C12H13N.BrH/c1-2-5-12-11-7-4-3-6-10(11)8-9-13-12;/h3-4,6-9H,2,5H2,1H3;1H. The predicted octanol–water partition coefficient (Wildman–Crippen LogP) is -0.390. The van der Waals surface area contributed by atoms with Crippen LogP contribution in [-0.4, -0.2) is 0 Å². The van der Waals surface area contributed by atoms with E-state index in [9.17, 15) is 0 Å². The van der Waals surface area contributed by atoms with Gasteiger partial charge in [0.05, 0.1) is 0 Å². The minimum absolute atomic E-state index is 0. The lowest BCUT2D eigenvalue weighted by Gasteiger charge is -1.97. The lowest BCUT2D eigenvalue weighted by atomic mass is 10.1. The minimum atomic E-state index is 0. The van der Waals surface area contributed by atoms with Crippen molar-refractivity contribution in [3.63, 3.8) is 0 Å². The van der Waals surface area contributed by atoms with Crippen molar-refractivity contribution in [3.8, 4) is 0 Å². The fraction of sp³-hybridized carbons (Fsp3) is 0.250. The van der Waals surface area contributed by atoms with Crippen LogP contribution in [0, 0.1) is 0 Å². The van der Waals surface area contributed by atoms with Crippen molar-refractivity contribution in [3.05, 3.63) is 42.2 Å². The number of halogens is 1. The maximum Gasteiger partial charge on any atom is 0.187 e. The maximum absolute atomic E-state index is 3.31. The van der Waals surface area contributed by atoms with Crippen LogP contribution >= 0.6 is 0 Å². The molecule has 2 aromatic rings. The van der Waals surface area contributed by atoms with Gasteiger partial charge in [-0.3, -0.25) is 0 Å². The van der Waals surface area contributed by atoms with Crippen LogP contribution in [0.4, 0.5) is 0 Å². The molecule has 2 rings (SSSR count). The van der Waals surface area contributed by atoms with Crippen LogP contribution in [0.2, 0.25) is 0 Å². The van der Waals surface area contributed by atoms with Gasteiger partial charge in [0.1, 0.15) is 0 Å². The highest BCUT2D eigenvalue weighted by atomic mass is 79.9. The smallest absolute Gasteiger partial charge is 0.187 e. The van der Waals surface area contributed by atoms with Crippen LogP contribution in [0.15, 0.2) is 36.5 Å². The third-order valence-electron chi connectivity index (χ3n) is 2.31. The number of nitrogens with one attached hydrogen (secondary N) is 1. The molecule has 74 valence electrons. The summed E-state index contributed by atoms with van der Waals surface area (Å²) in [6.07, 6.45) is 4.33. The van der Waals surface area contributed by atoms with E-state index in [4.69, 9.17) is 0 Å². The van der Waals surface area contributed by atoms with Crippen LogP contribution in [-0.2, 0) is 6.42 Å². The van der Waals surface area contributed by atoms with Gasteiger partial charge in [-0.1, -0.05) is 25.1 Å². The van der Waals surface area contributed by atoms with Crippen LogP contribution < -0.4 is 22.0 Å². The summed E-state index contributed by atoms with van der Waals surface area (Å²) in [5.41, 5.74) is 1.35. The largest absolute Gasteiger partial charge is 1.00 e. The summed E-state index contributed by atoms with van der Waals surface area (Å²) in [5.74, 6) is 0. The molecule has 1 nitrogen and oxygen atoms in total. The number of aromatic amines is 1. The molecule has 0 unspecified atom stereocenters. The Balaban J connectivity index is 0.000000980. The summed E-state index contributed by atoms with van der Waals surface area (Å²) in [4.78, 5) is 3.31. The number of pyridine rings is 1. The molecule has 14 heavy (non-hydrogen) atoms. The Morgan fingerprint density at radius 1 is 1.14 bits per heavy atom. The summed E-state index contributed by atoms with van der Waals surface area (Å²) in [5, 5.41) is 2.68. The van der Waals surface area contributed by atoms with Crippen molar-refractivity contribution in [2.75, 3.05) is 0 Å². The Morgan fingerprint density at radius 2 is 1.93 bits per heavy atom. The summed E-state index contributed by atoms with van der Waals surface area (Å²) in [7, 11) is 0. The Kier molecular flexibility index (Phi) is 4.08. The van der Waals surface area contributed by atoms with Crippen molar-refractivity contribution < 1.29 is 22.0 Å². The summed E-state index contributed by atoms with van der Waals surface area (Å²) >= 11 is 0. The minimum Gasteiger partial charge on any atom is -1.00 e. The molecule has 1 heterocycles. The average Bonchev–Trinajstić information content (AvgIpc) is 2.19. The summed E-state index contributed by atoms with van der Waals surface area (Å²) in [6, 6.07) is 10.6. The first kappa shape index (κ1) is 11.2. The molecule has 0 fully saturated rings. The molecule has 0 spiro atoms. The number of benzene rings is 1. The fourth-order valence-electron chi connectivity index (χ4n) is 1.68. The molecule has 0 saturated heterocycles. The third kappa shape index (κ3) is 2.13. The summed E-state index contributed by atoms with van der Waals surface area (Å²) in [6.45, 7) is 2.20. The number of fused-ring (bicyclic) bond motifs is 1. The topological polar surface area (TPSA) is 14.1 Å². The van der Waals surface area contributed by atoms with E-state index in [0.29, 0.717) is 0 Å². The molecule has 0 saturated carbocycles. The molecule has 0 bridgehead atoms. The quantitative estimate of drug-likeness (QED) is 0.691. The lowest BCUT2D eigenvalue weighted by Crippen LogP contribution is -3.00. The monoisotopic (exact) mass is 251 g/mol. The Labute approximate surface area is 94.9 Å². The second-order valence-corrected chi connectivity index (χ2v) is 3.29. The first-order valence-electron chi connectivity index (χ1n) is 4.80. The van der Waals surface area contributed by atoms with Gasteiger partial charge < -0.3 is 17.0 Å². The number of hydrogen-bond donors (Lipinski definition) is 0. The first-order valence-corrected chi connectivity index (χ1v) is 4.80. The first-order chi connectivity index (χ1) is 6.42. The molecule has 0 aliphatic heterocycles. The second-order valence-electron chi connectivity index (χ2n) is 3.29. The lowest BCUT2D eigenvalue weighted by molar-refractivity contribution is -0.388. The average molecular weight is 252 g/mol. The zero-order chi connectivity index (χ0) is 9.10. The molecule has 1 aromatic carbocycles. The van der Waals surface area contributed by atoms with Gasteiger partial charge in [0.25, 0.3) is 0 Å². The van der Waals surface area contributed by atoms with Gasteiger partial charge in [0.15, 0.2) is 11.9 Å². The third-order valence-corrected chi connectivity index (χ3v) is 2.31. The Morgan fingerprint density at radius 3 is 2.71 bits per heavy atom. The van der Waals surface area contributed by atoms with Crippen LogP contribution in [0.3, 0.4) is 0 Å².